The van der Waals surface area contributed by atoms with Gasteiger partial charge in [-0.15, -0.1) is 0 Å². The van der Waals surface area contributed by atoms with Gasteiger partial charge >= 0.3 is 5.97 Å². The molecule has 1 fully saturated rings. The molecule has 0 aromatic heterocycles. The number of fused-ring (bicyclic) bond motifs is 1. The second-order valence-corrected chi connectivity index (χ2v) is 7.30. The van der Waals surface area contributed by atoms with Crippen molar-refractivity contribution in [3.05, 3.63) is 77.9 Å². The van der Waals surface area contributed by atoms with Crippen molar-refractivity contribution >= 4 is 22.6 Å². The summed E-state index contributed by atoms with van der Waals surface area (Å²) in [6.07, 6.45) is 1.97. The fourth-order valence-electron chi connectivity index (χ4n) is 3.73. The third kappa shape index (κ3) is 4.09. The molecule has 0 bridgehead atoms. The molecule has 1 aliphatic heterocycles. The van der Waals surface area contributed by atoms with E-state index in [-0.39, 0.29) is 17.2 Å². The Morgan fingerprint density at radius 3 is 2.17 bits per heavy atom. The Morgan fingerprint density at radius 1 is 0.862 bits per heavy atom. The van der Waals surface area contributed by atoms with Gasteiger partial charge in [0.05, 0.1) is 0 Å². The van der Waals surface area contributed by atoms with Crippen LogP contribution in [0.2, 0.25) is 0 Å². The third-order valence-corrected chi connectivity index (χ3v) is 5.30. The lowest BCUT2D eigenvalue weighted by Gasteiger charge is -2.30. The summed E-state index contributed by atoms with van der Waals surface area (Å²) in [4.78, 5) is 27.8. The van der Waals surface area contributed by atoms with E-state index < -0.39 is 12.1 Å². The van der Waals surface area contributed by atoms with Crippen molar-refractivity contribution in [1.29, 1.82) is 0 Å². The monoisotopic (exact) mass is 389 g/mol. The number of phenols is 1. The van der Waals surface area contributed by atoms with Crippen LogP contribution in [-0.2, 0) is 9.53 Å². The maximum absolute atomic E-state index is 13.1. The highest BCUT2D eigenvalue weighted by molar-refractivity contribution is 5.99. The van der Waals surface area contributed by atoms with E-state index in [4.69, 9.17) is 4.74 Å². The molecule has 29 heavy (non-hydrogen) atoms. The molecule has 1 aliphatic rings. The number of aromatic hydroxyl groups is 1. The molecule has 3 aromatic rings. The van der Waals surface area contributed by atoms with Gasteiger partial charge in [0.1, 0.15) is 11.3 Å². The molecule has 5 nitrogen and oxygen atoms in total. The standard InChI is InChI=1S/C24H23NO4/c26-21-16-19-12-6-5-11-18(19)15-20(21)24(28)29-22(17-9-3-1-4-10-17)23(27)25-13-7-2-8-14-25/h1,3-6,9-12,15-16,22,26H,2,7-8,13-14H2/t22-/m0/s1. The summed E-state index contributed by atoms with van der Waals surface area (Å²) < 4.78 is 5.68. The van der Waals surface area contributed by atoms with E-state index in [2.05, 4.69) is 0 Å². The Labute approximate surface area is 169 Å². The van der Waals surface area contributed by atoms with Gasteiger partial charge in [0.2, 0.25) is 6.10 Å². The van der Waals surface area contributed by atoms with Crippen LogP contribution >= 0.6 is 0 Å². The zero-order valence-corrected chi connectivity index (χ0v) is 16.1. The number of benzene rings is 3. The number of rotatable bonds is 4. The van der Waals surface area contributed by atoms with Crippen LogP contribution in [0.5, 0.6) is 5.75 Å². The number of hydrogen-bond acceptors (Lipinski definition) is 4. The predicted octanol–water partition coefficient (Wildman–Crippen LogP) is 4.46. The molecular formula is C24H23NO4. The van der Waals surface area contributed by atoms with Crippen LogP contribution in [-0.4, -0.2) is 35.0 Å². The van der Waals surface area contributed by atoms with Crippen LogP contribution < -0.4 is 0 Å². The minimum atomic E-state index is -1.03. The molecule has 5 heteroatoms. The molecule has 0 radical (unpaired) electrons. The van der Waals surface area contributed by atoms with E-state index in [1.807, 2.05) is 42.5 Å². The smallest absolute Gasteiger partial charge is 0.343 e. The van der Waals surface area contributed by atoms with Crippen molar-refractivity contribution < 1.29 is 19.4 Å². The van der Waals surface area contributed by atoms with Gasteiger partial charge in [-0.25, -0.2) is 4.79 Å². The summed E-state index contributed by atoms with van der Waals surface area (Å²) in [5.41, 5.74) is 0.674. The van der Waals surface area contributed by atoms with E-state index in [1.54, 1.807) is 23.1 Å². The number of piperidine rings is 1. The van der Waals surface area contributed by atoms with Gasteiger partial charge in [-0.1, -0.05) is 54.6 Å². The second kappa shape index (κ2) is 8.35. The van der Waals surface area contributed by atoms with E-state index in [9.17, 15) is 14.7 Å². The quantitative estimate of drug-likeness (QED) is 0.669. The van der Waals surface area contributed by atoms with E-state index in [0.29, 0.717) is 18.7 Å². The number of likely N-dealkylation sites (tertiary alicyclic amines) is 1. The first kappa shape index (κ1) is 19.0. The third-order valence-electron chi connectivity index (χ3n) is 5.30. The number of ether oxygens (including phenoxy) is 1. The number of carbonyl (C=O) groups is 2. The molecule has 148 valence electrons. The molecule has 1 saturated heterocycles. The molecule has 3 aromatic carbocycles. The molecule has 1 atom stereocenters. The van der Waals surface area contributed by atoms with E-state index in [1.165, 1.54) is 6.07 Å². The first-order chi connectivity index (χ1) is 14.1. The van der Waals surface area contributed by atoms with Crippen LogP contribution in [0.1, 0.15) is 41.3 Å². The zero-order valence-electron chi connectivity index (χ0n) is 16.1. The van der Waals surface area contributed by atoms with Gasteiger partial charge in [0.25, 0.3) is 5.91 Å². The van der Waals surface area contributed by atoms with Crippen molar-refractivity contribution in [2.75, 3.05) is 13.1 Å². The summed E-state index contributed by atoms with van der Waals surface area (Å²) in [6, 6.07) is 19.6. The lowest BCUT2D eigenvalue weighted by Crippen LogP contribution is -2.40. The average molecular weight is 389 g/mol. The van der Waals surface area contributed by atoms with Crippen molar-refractivity contribution in [3.63, 3.8) is 0 Å². The summed E-state index contributed by atoms with van der Waals surface area (Å²) in [5, 5.41) is 12.0. The SMILES string of the molecule is O=C(O[C@H](C(=O)N1CCCCC1)c1ccccc1)c1cc2ccccc2cc1O. The van der Waals surface area contributed by atoms with Crippen molar-refractivity contribution in [2.24, 2.45) is 0 Å². The predicted molar refractivity (Wildman–Crippen MR) is 111 cm³/mol. The highest BCUT2D eigenvalue weighted by atomic mass is 16.5. The average Bonchev–Trinajstić information content (AvgIpc) is 2.77. The van der Waals surface area contributed by atoms with Gasteiger partial charge in [0, 0.05) is 18.7 Å². The molecule has 4 rings (SSSR count). The van der Waals surface area contributed by atoms with Gasteiger partial charge in [0.15, 0.2) is 0 Å². The van der Waals surface area contributed by atoms with Crippen molar-refractivity contribution in [1.82, 2.24) is 4.90 Å². The van der Waals surface area contributed by atoms with Crippen LogP contribution in [0, 0.1) is 0 Å². The molecular weight excluding hydrogens is 366 g/mol. The van der Waals surface area contributed by atoms with Crippen LogP contribution in [0.3, 0.4) is 0 Å². The number of amides is 1. The fraction of sp³-hybridized carbons (Fsp3) is 0.250. The molecule has 1 heterocycles. The van der Waals surface area contributed by atoms with Gasteiger partial charge in [-0.3, -0.25) is 4.79 Å². The Balaban J connectivity index is 1.64. The first-order valence-corrected chi connectivity index (χ1v) is 9.90. The van der Waals surface area contributed by atoms with Crippen LogP contribution in [0.4, 0.5) is 0 Å². The summed E-state index contributed by atoms with van der Waals surface area (Å²) >= 11 is 0. The Hall–Kier alpha value is -3.34. The minimum Gasteiger partial charge on any atom is -0.507 e. The highest BCUT2D eigenvalue weighted by Crippen LogP contribution is 2.29. The zero-order chi connectivity index (χ0) is 20.2. The van der Waals surface area contributed by atoms with E-state index >= 15 is 0 Å². The van der Waals surface area contributed by atoms with Crippen molar-refractivity contribution in [3.8, 4) is 5.75 Å². The molecule has 0 unspecified atom stereocenters. The lowest BCUT2D eigenvalue weighted by molar-refractivity contribution is -0.142. The number of nitrogens with zero attached hydrogens (tertiary/aromatic N) is 1. The maximum atomic E-state index is 13.1. The lowest BCUT2D eigenvalue weighted by atomic mass is 10.0. The molecule has 0 saturated carbocycles. The fourth-order valence-corrected chi connectivity index (χ4v) is 3.73. The molecule has 1 N–H and O–H groups in total. The summed E-state index contributed by atoms with van der Waals surface area (Å²) in [6.45, 7) is 1.34. The van der Waals surface area contributed by atoms with E-state index in [0.717, 1.165) is 30.0 Å². The van der Waals surface area contributed by atoms with Gasteiger partial charge in [-0.2, -0.15) is 0 Å². The first-order valence-electron chi connectivity index (χ1n) is 9.90. The Bertz CT molecular complexity index is 1030. The minimum absolute atomic E-state index is 0.0519. The molecule has 1 amide bonds. The normalized spacial score (nSPS) is 15.1. The maximum Gasteiger partial charge on any atom is 0.343 e. The number of phenolic OH excluding ortho intramolecular Hbond substituents is 1. The molecule has 0 aliphatic carbocycles. The van der Waals surface area contributed by atoms with Gasteiger partial charge in [-0.05, 0) is 42.2 Å². The number of esters is 1. The largest absolute Gasteiger partial charge is 0.507 e. The van der Waals surface area contributed by atoms with Crippen LogP contribution in [0.25, 0.3) is 10.8 Å². The Morgan fingerprint density at radius 2 is 1.48 bits per heavy atom. The number of carbonyl (C=O) groups excluding carboxylic acids is 2. The Kier molecular flexibility index (Phi) is 5.47. The second-order valence-electron chi connectivity index (χ2n) is 7.30. The summed E-state index contributed by atoms with van der Waals surface area (Å²) in [7, 11) is 0. The topological polar surface area (TPSA) is 66.8 Å². The van der Waals surface area contributed by atoms with Crippen LogP contribution in [0.15, 0.2) is 66.7 Å². The molecule has 0 spiro atoms. The summed E-state index contributed by atoms with van der Waals surface area (Å²) in [5.74, 6) is -1.09. The number of hydrogen-bond donors (Lipinski definition) is 1. The van der Waals surface area contributed by atoms with Gasteiger partial charge < -0.3 is 14.7 Å². The van der Waals surface area contributed by atoms with Crippen molar-refractivity contribution in [2.45, 2.75) is 25.4 Å². The highest BCUT2D eigenvalue weighted by Gasteiger charge is 2.31.